The fourth-order valence-corrected chi connectivity index (χ4v) is 3.44. The van der Waals surface area contributed by atoms with E-state index in [1.165, 1.54) is 12.8 Å². The molecule has 0 bridgehead atoms. The number of pyridine rings is 1. The van der Waals surface area contributed by atoms with Crippen molar-refractivity contribution in [2.45, 2.75) is 25.8 Å². The van der Waals surface area contributed by atoms with Crippen molar-refractivity contribution in [3.8, 4) is 11.3 Å². The van der Waals surface area contributed by atoms with E-state index < -0.39 is 0 Å². The van der Waals surface area contributed by atoms with E-state index in [2.05, 4.69) is 21.1 Å². The number of hydrogen-bond donors (Lipinski definition) is 1. The SMILES string of the molecule is CN(C)c1ncccc1C(=O)Nc1cccc(-c2cn3c(n2)CCCC3)c1. The Morgan fingerprint density at radius 2 is 2.07 bits per heavy atom. The van der Waals surface area contributed by atoms with Gasteiger partial charge in [0.25, 0.3) is 5.91 Å². The number of aryl methyl sites for hydroxylation is 2. The van der Waals surface area contributed by atoms with E-state index >= 15 is 0 Å². The van der Waals surface area contributed by atoms with Gasteiger partial charge in [-0.25, -0.2) is 9.97 Å². The van der Waals surface area contributed by atoms with Crippen LogP contribution in [0.1, 0.15) is 29.0 Å². The van der Waals surface area contributed by atoms with Crippen molar-refractivity contribution >= 4 is 17.4 Å². The van der Waals surface area contributed by atoms with Crippen LogP contribution in [0.2, 0.25) is 0 Å². The van der Waals surface area contributed by atoms with Gasteiger partial charge in [0.2, 0.25) is 0 Å². The van der Waals surface area contributed by atoms with Crippen molar-refractivity contribution in [1.29, 1.82) is 0 Å². The minimum Gasteiger partial charge on any atom is -0.362 e. The number of carbonyl (C=O) groups is 1. The molecule has 0 spiro atoms. The minimum atomic E-state index is -0.173. The molecular weight excluding hydrogens is 338 g/mol. The Morgan fingerprint density at radius 3 is 2.89 bits per heavy atom. The third-order valence-electron chi connectivity index (χ3n) is 4.78. The molecule has 1 N–H and O–H groups in total. The van der Waals surface area contributed by atoms with Crippen LogP contribution in [-0.2, 0) is 13.0 Å². The van der Waals surface area contributed by atoms with Crippen LogP contribution in [0.5, 0.6) is 0 Å². The lowest BCUT2D eigenvalue weighted by atomic mass is 10.1. The quantitative estimate of drug-likeness (QED) is 0.771. The van der Waals surface area contributed by atoms with Crippen LogP contribution in [0.3, 0.4) is 0 Å². The molecule has 138 valence electrons. The number of aromatic nitrogens is 3. The molecule has 0 unspecified atom stereocenters. The first-order chi connectivity index (χ1) is 13.1. The van der Waals surface area contributed by atoms with Crippen LogP contribution in [0.15, 0.2) is 48.8 Å². The van der Waals surface area contributed by atoms with E-state index in [0.29, 0.717) is 11.4 Å². The van der Waals surface area contributed by atoms with Crippen LogP contribution in [-0.4, -0.2) is 34.5 Å². The Kier molecular flexibility index (Phi) is 4.62. The molecule has 0 saturated carbocycles. The molecule has 27 heavy (non-hydrogen) atoms. The summed E-state index contributed by atoms with van der Waals surface area (Å²) in [5.41, 5.74) is 3.26. The van der Waals surface area contributed by atoms with E-state index in [1.807, 2.05) is 43.3 Å². The van der Waals surface area contributed by atoms with Crippen LogP contribution in [0, 0.1) is 0 Å². The Hall–Kier alpha value is -3.15. The number of imidazole rings is 1. The molecule has 2 aromatic heterocycles. The molecule has 0 aliphatic carbocycles. The molecule has 1 aromatic carbocycles. The summed E-state index contributed by atoms with van der Waals surface area (Å²) >= 11 is 0. The second-order valence-corrected chi connectivity index (χ2v) is 7.00. The van der Waals surface area contributed by atoms with Gasteiger partial charge in [0, 0.05) is 50.7 Å². The second kappa shape index (κ2) is 7.23. The van der Waals surface area contributed by atoms with Gasteiger partial charge in [-0.15, -0.1) is 0 Å². The first-order valence-corrected chi connectivity index (χ1v) is 9.22. The standard InChI is InChI=1S/C21H23N5O/c1-25(2)20-17(9-6-11-22-20)21(27)23-16-8-5-7-15(13-16)18-14-26-12-4-3-10-19(26)24-18/h5-9,11,13-14H,3-4,10,12H2,1-2H3,(H,23,27). The highest BCUT2D eigenvalue weighted by Crippen LogP contribution is 2.25. The van der Waals surface area contributed by atoms with Crippen molar-refractivity contribution in [3.63, 3.8) is 0 Å². The maximum atomic E-state index is 12.7. The van der Waals surface area contributed by atoms with Gasteiger partial charge in [0.05, 0.1) is 11.3 Å². The zero-order valence-electron chi connectivity index (χ0n) is 15.6. The highest BCUT2D eigenvalue weighted by atomic mass is 16.1. The molecule has 6 heteroatoms. The fraction of sp³-hybridized carbons (Fsp3) is 0.286. The van der Waals surface area contributed by atoms with Crippen molar-refractivity contribution in [2.24, 2.45) is 0 Å². The van der Waals surface area contributed by atoms with Gasteiger partial charge in [-0.2, -0.15) is 0 Å². The summed E-state index contributed by atoms with van der Waals surface area (Å²) in [5, 5.41) is 2.99. The van der Waals surface area contributed by atoms with Gasteiger partial charge in [-0.3, -0.25) is 4.79 Å². The summed E-state index contributed by atoms with van der Waals surface area (Å²) in [6, 6.07) is 11.4. The number of hydrogen-bond acceptors (Lipinski definition) is 4. The predicted octanol–water partition coefficient (Wildman–Crippen LogP) is 3.60. The Labute approximate surface area is 158 Å². The van der Waals surface area contributed by atoms with E-state index in [1.54, 1.807) is 18.3 Å². The molecule has 1 amide bonds. The molecule has 1 aliphatic rings. The summed E-state index contributed by atoms with van der Waals surface area (Å²) in [6.07, 6.45) is 7.24. The number of amides is 1. The lowest BCUT2D eigenvalue weighted by Gasteiger charge is -2.15. The van der Waals surface area contributed by atoms with E-state index in [0.717, 1.165) is 35.7 Å². The van der Waals surface area contributed by atoms with E-state index in [4.69, 9.17) is 4.98 Å². The maximum absolute atomic E-state index is 12.7. The molecule has 4 rings (SSSR count). The van der Waals surface area contributed by atoms with Gasteiger partial charge >= 0.3 is 0 Å². The van der Waals surface area contributed by atoms with Gasteiger partial charge < -0.3 is 14.8 Å². The third-order valence-corrected chi connectivity index (χ3v) is 4.78. The van der Waals surface area contributed by atoms with Gasteiger partial charge in [0.1, 0.15) is 11.6 Å². The average Bonchev–Trinajstić information content (AvgIpc) is 3.12. The van der Waals surface area contributed by atoms with Gasteiger partial charge in [-0.05, 0) is 37.1 Å². The molecule has 0 fully saturated rings. The number of fused-ring (bicyclic) bond motifs is 1. The van der Waals surface area contributed by atoms with Crippen LogP contribution in [0.25, 0.3) is 11.3 Å². The number of nitrogens with zero attached hydrogens (tertiary/aromatic N) is 4. The van der Waals surface area contributed by atoms with Crippen LogP contribution < -0.4 is 10.2 Å². The first kappa shape index (κ1) is 17.3. The third kappa shape index (κ3) is 3.56. The topological polar surface area (TPSA) is 63.1 Å². The van der Waals surface area contributed by atoms with E-state index in [-0.39, 0.29) is 5.91 Å². The van der Waals surface area contributed by atoms with Crippen molar-refractivity contribution in [1.82, 2.24) is 14.5 Å². The van der Waals surface area contributed by atoms with Crippen molar-refractivity contribution < 1.29 is 4.79 Å². The first-order valence-electron chi connectivity index (χ1n) is 9.22. The summed E-state index contributed by atoms with van der Waals surface area (Å²) in [4.78, 5) is 23.6. The minimum absolute atomic E-state index is 0.173. The monoisotopic (exact) mass is 361 g/mol. The zero-order valence-corrected chi connectivity index (χ0v) is 15.6. The van der Waals surface area contributed by atoms with Crippen LogP contribution in [0.4, 0.5) is 11.5 Å². The smallest absolute Gasteiger partial charge is 0.259 e. The lowest BCUT2D eigenvalue weighted by Crippen LogP contribution is -2.19. The molecule has 6 nitrogen and oxygen atoms in total. The predicted molar refractivity (Wildman–Crippen MR) is 107 cm³/mol. The number of rotatable bonds is 4. The molecule has 0 radical (unpaired) electrons. The molecule has 0 atom stereocenters. The zero-order chi connectivity index (χ0) is 18.8. The maximum Gasteiger partial charge on any atom is 0.259 e. The Bertz CT molecular complexity index is 953. The van der Waals surface area contributed by atoms with Crippen molar-refractivity contribution in [2.75, 3.05) is 24.3 Å². The molecule has 1 aliphatic heterocycles. The fourth-order valence-electron chi connectivity index (χ4n) is 3.44. The van der Waals surface area contributed by atoms with Gasteiger partial charge in [0.15, 0.2) is 0 Å². The average molecular weight is 361 g/mol. The second-order valence-electron chi connectivity index (χ2n) is 7.00. The summed E-state index contributed by atoms with van der Waals surface area (Å²) in [7, 11) is 3.75. The number of benzene rings is 1. The summed E-state index contributed by atoms with van der Waals surface area (Å²) in [5.74, 6) is 1.62. The van der Waals surface area contributed by atoms with Crippen molar-refractivity contribution in [3.05, 3.63) is 60.2 Å². The number of anilines is 2. The molecular formula is C21H23N5O. The lowest BCUT2D eigenvalue weighted by molar-refractivity contribution is 0.102. The highest BCUT2D eigenvalue weighted by Gasteiger charge is 2.16. The Morgan fingerprint density at radius 1 is 1.19 bits per heavy atom. The summed E-state index contributed by atoms with van der Waals surface area (Å²) < 4.78 is 2.24. The summed E-state index contributed by atoms with van der Waals surface area (Å²) in [6.45, 7) is 1.03. The molecule has 3 aromatic rings. The largest absolute Gasteiger partial charge is 0.362 e. The Balaban J connectivity index is 1.58. The number of nitrogens with one attached hydrogen (secondary N) is 1. The van der Waals surface area contributed by atoms with Gasteiger partial charge in [-0.1, -0.05) is 12.1 Å². The highest BCUT2D eigenvalue weighted by molar-refractivity contribution is 6.07. The normalized spacial score (nSPS) is 13.1. The molecule has 3 heterocycles. The van der Waals surface area contributed by atoms with E-state index in [9.17, 15) is 4.79 Å². The molecule has 0 saturated heterocycles. The van der Waals surface area contributed by atoms with Crippen LogP contribution >= 0.6 is 0 Å². The number of carbonyl (C=O) groups excluding carboxylic acids is 1.